The van der Waals surface area contributed by atoms with Crippen LogP contribution in [0.4, 0.5) is 0 Å². The number of carbonyl (C=O) groups is 1. The number of ketones is 1. The Morgan fingerprint density at radius 3 is 2.40 bits per heavy atom. The molecule has 0 saturated heterocycles. The third kappa shape index (κ3) is 4.45. The van der Waals surface area contributed by atoms with Crippen LogP contribution >= 0.6 is 0 Å². The minimum absolute atomic E-state index is 0.136. The summed E-state index contributed by atoms with van der Waals surface area (Å²) in [7, 11) is 0. The first-order chi connectivity index (χ1) is 9.66. The fourth-order valence-electron chi connectivity index (χ4n) is 2.96. The highest BCUT2D eigenvalue weighted by molar-refractivity contribution is 5.82. The van der Waals surface area contributed by atoms with Crippen LogP contribution < -0.4 is 0 Å². The largest absolute Gasteiger partial charge is 0.298 e. The van der Waals surface area contributed by atoms with Gasteiger partial charge in [-0.2, -0.15) is 0 Å². The monoisotopic (exact) mass is 273 g/mol. The molecule has 110 valence electrons. The van der Waals surface area contributed by atoms with Crippen LogP contribution in [-0.4, -0.2) is 23.3 Å². The van der Waals surface area contributed by atoms with Crippen molar-refractivity contribution in [2.75, 3.05) is 6.54 Å². The van der Waals surface area contributed by atoms with Crippen LogP contribution in [0.25, 0.3) is 0 Å². The molecule has 0 atom stereocenters. The minimum atomic E-state index is 0.136. The van der Waals surface area contributed by atoms with Gasteiger partial charge in [0.05, 0.1) is 6.54 Å². The van der Waals surface area contributed by atoms with E-state index in [2.05, 4.69) is 29.2 Å². The summed E-state index contributed by atoms with van der Waals surface area (Å²) >= 11 is 0. The molecular weight excluding hydrogens is 246 g/mol. The molecule has 0 N–H and O–H groups in total. The molecule has 0 spiro atoms. The molecule has 0 bridgehead atoms. The van der Waals surface area contributed by atoms with Crippen LogP contribution in [0.15, 0.2) is 30.3 Å². The molecule has 20 heavy (non-hydrogen) atoms. The fraction of sp³-hybridized carbons (Fsp3) is 0.611. The lowest BCUT2D eigenvalue weighted by Gasteiger charge is -2.34. The second kappa shape index (κ2) is 7.58. The van der Waals surface area contributed by atoms with E-state index in [9.17, 15) is 4.79 Å². The van der Waals surface area contributed by atoms with Gasteiger partial charge < -0.3 is 0 Å². The first-order valence-corrected chi connectivity index (χ1v) is 7.97. The van der Waals surface area contributed by atoms with Crippen molar-refractivity contribution in [3.05, 3.63) is 35.9 Å². The highest BCUT2D eigenvalue weighted by atomic mass is 16.1. The Balaban J connectivity index is 2.04. The summed E-state index contributed by atoms with van der Waals surface area (Å²) < 4.78 is 0. The molecule has 0 unspecified atom stereocenters. The lowest BCUT2D eigenvalue weighted by molar-refractivity contribution is -0.124. The van der Waals surface area contributed by atoms with Crippen molar-refractivity contribution in [3.63, 3.8) is 0 Å². The van der Waals surface area contributed by atoms with Gasteiger partial charge in [0.2, 0.25) is 0 Å². The summed E-state index contributed by atoms with van der Waals surface area (Å²) in [6, 6.07) is 11.1. The summed E-state index contributed by atoms with van der Waals surface area (Å²) in [5.41, 5.74) is 1.31. The minimum Gasteiger partial charge on any atom is -0.298 e. The van der Waals surface area contributed by atoms with Crippen molar-refractivity contribution in [2.45, 2.75) is 58.5 Å². The molecule has 1 aromatic rings. The number of rotatable bonds is 6. The number of Topliss-reactive ketones (excluding diaryl/α,β-unsaturated/α-hetero) is 1. The van der Waals surface area contributed by atoms with E-state index in [1.165, 1.54) is 37.7 Å². The molecule has 1 aliphatic carbocycles. The number of hydrogen-bond acceptors (Lipinski definition) is 2. The van der Waals surface area contributed by atoms with Crippen molar-refractivity contribution in [1.82, 2.24) is 4.90 Å². The van der Waals surface area contributed by atoms with E-state index >= 15 is 0 Å². The van der Waals surface area contributed by atoms with Crippen molar-refractivity contribution in [1.29, 1.82) is 0 Å². The predicted octanol–water partition coefficient (Wildman–Crippen LogP) is 4.05. The second-order valence-electron chi connectivity index (χ2n) is 6.30. The zero-order chi connectivity index (χ0) is 14.4. The molecular formula is C18H27NO. The van der Waals surface area contributed by atoms with Crippen molar-refractivity contribution >= 4 is 5.78 Å². The van der Waals surface area contributed by atoms with Gasteiger partial charge in [-0.3, -0.25) is 9.69 Å². The first kappa shape index (κ1) is 15.2. The molecule has 2 nitrogen and oxygen atoms in total. The fourth-order valence-corrected chi connectivity index (χ4v) is 2.96. The van der Waals surface area contributed by atoms with Gasteiger partial charge in [-0.25, -0.2) is 0 Å². The molecule has 0 radical (unpaired) electrons. The zero-order valence-corrected chi connectivity index (χ0v) is 12.8. The number of nitrogens with zero attached hydrogens (tertiary/aromatic N) is 1. The van der Waals surface area contributed by atoms with Crippen LogP contribution in [0.5, 0.6) is 0 Å². The highest BCUT2D eigenvalue weighted by Crippen LogP contribution is 2.24. The quantitative estimate of drug-likeness (QED) is 0.779. The Morgan fingerprint density at radius 2 is 1.80 bits per heavy atom. The van der Waals surface area contributed by atoms with Gasteiger partial charge in [0.25, 0.3) is 0 Å². The van der Waals surface area contributed by atoms with Crippen LogP contribution in [-0.2, 0) is 11.3 Å². The Kier molecular flexibility index (Phi) is 5.78. The van der Waals surface area contributed by atoms with E-state index in [0.29, 0.717) is 18.4 Å². The molecule has 0 heterocycles. The summed E-state index contributed by atoms with van der Waals surface area (Å²) in [6.07, 6.45) is 6.47. The normalized spacial score (nSPS) is 16.8. The van der Waals surface area contributed by atoms with Crippen LogP contribution in [0, 0.1) is 5.92 Å². The molecule has 2 rings (SSSR count). The summed E-state index contributed by atoms with van der Waals surface area (Å²) in [4.78, 5) is 14.6. The Bertz CT molecular complexity index is 407. The van der Waals surface area contributed by atoms with Gasteiger partial charge in [-0.05, 0) is 18.4 Å². The van der Waals surface area contributed by atoms with Crippen LogP contribution in [0.1, 0.15) is 51.5 Å². The number of carbonyl (C=O) groups excluding carboxylic acids is 1. The average molecular weight is 273 g/mol. The van der Waals surface area contributed by atoms with E-state index in [1.807, 2.05) is 19.9 Å². The maximum absolute atomic E-state index is 12.1. The maximum atomic E-state index is 12.1. The molecule has 1 aromatic carbocycles. The SMILES string of the molecule is CC(C)C(=O)CN(Cc1ccccc1)C1CCCCC1. The Morgan fingerprint density at radius 1 is 1.15 bits per heavy atom. The van der Waals surface area contributed by atoms with Crippen molar-refractivity contribution in [2.24, 2.45) is 5.92 Å². The van der Waals surface area contributed by atoms with E-state index in [-0.39, 0.29) is 5.92 Å². The van der Waals surface area contributed by atoms with Gasteiger partial charge in [0.1, 0.15) is 5.78 Å². The van der Waals surface area contributed by atoms with Gasteiger partial charge in [0, 0.05) is 18.5 Å². The van der Waals surface area contributed by atoms with E-state index in [0.717, 1.165) is 6.54 Å². The predicted molar refractivity (Wildman–Crippen MR) is 83.6 cm³/mol. The second-order valence-corrected chi connectivity index (χ2v) is 6.30. The van der Waals surface area contributed by atoms with E-state index in [1.54, 1.807) is 0 Å². The number of hydrogen-bond donors (Lipinski definition) is 0. The third-order valence-electron chi connectivity index (χ3n) is 4.32. The smallest absolute Gasteiger partial charge is 0.149 e. The van der Waals surface area contributed by atoms with Gasteiger partial charge in [0.15, 0.2) is 0 Å². The Hall–Kier alpha value is -1.15. The summed E-state index contributed by atoms with van der Waals surface area (Å²) in [5, 5.41) is 0. The lowest BCUT2D eigenvalue weighted by atomic mass is 9.93. The first-order valence-electron chi connectivity index (χ1n) is 7.97. The maximum Gasteiger partial charge on any atom is 0.149 e. The standard InChI is InChI=1S/C18H27NO/c1-15(2)18(20)14-19(17-11-7-4-8-12-17)13-16-9-5-3-6-10-16/h3,5-6,9-10,15,17H,4,7-8,11-14H2,1-2H3. The van der Waals surface area contributed by atoms with Gasteiger partial charge in [-0.15, -0.1) is 0 Å². The average Bonchev–Trinajstić information content (AvgIpc) is 2.48. The third-order valence-corrected chi connectivity index (χ3v) is 4.32. The van der Waals surface area contributed by atoms with E-state index < -0.39 is 0 Å². The zero-order valence-electron chi connectivity index (χ0n) is 12.8. The van der Waals surface area contributed by atoms with Crippen LogP contribution in [0.3, 0.4) is 0 Å². The van der Waals surface area contributed by atoms with Crippen molar-refractivity contribution in [3.8, 4) is 0 Å². The molecule has 1 aliphatic rings. The molecule has 0 aromatic heterocycles. The van der Waals surface area contributed by atoms with Gasteiger partial charge in [-0.1, -0.05) is 63.4 Å². The highest BCUT2D eigenvalue weighted by Gasteiger charge is 2.23. The molecule has 0 aliphatic heterocycles. The summed E-state index contributed by atoms with van der Waals surface area (Å²) in [5.74, 6) is 0.503. The summed E-state index contributed by atoms with van der Waals surface area (Å²) in [6.45, 7) is 5.52. The molecule has 1 saturated carbocycles. The lowest BCUT2D eigenvalue weighted by Crippen LogP contribution is -2.40. The number of benzene rings is 1. The Labute approximate surface area is 123 Å². The molecule has 0 amide bonds. The van der Waals surface area contributed by atoms with E-state index in [4.69, 9.17) is 0 Å². The van der Waals surface area contributed by atoms with Crippen molar-refractivity contribution < 1.29 is 4.79 Å². The topological polar surface area (TPSA) is 20.3 Å². The van der Waals surface area contributed by atoms with Crippen LogP contribution in [0.2, 0.25) is 0 Å². The molecule has 1 fully saturated rings. The van der Waals surface area contributed by atoms with Gasteiger partial charge >= 0.3 is 0 Å². The molecule has 2 heteroatoms.